The highest BCUT2D eigenvalue weighted by Gasteiger charge is 2.35. The number of benzene rings is 3. The molecule has 0 unspecified atom stereocenters. The van der Waals surface area contributed by atoms with Crippen LogP contribution in [0, 0.1) is 6.92 Å². The Bertz CT molecular complexity index is 1410. The number of carbonyl (C=O) groups excluding carboxylic acids is 2. The lowest BCUT2D eigenvalue weighted by Crippen LogP contribution is -2.53. The number of halogens is 1. The molecule has 0 saturated heterocycles. The zero-order valence-corrected chi connectivity index (χ0v) is 24.5. The van der Waals surface area contributed by atoms with E-state index in [1.807, 2.05) is 38.1 Å². The van der Waals surface area contributed by atoms with E-state index in [2.05, 4.69) is 5.32 Å². The van der Waals surface area contributed by atoms with Crippen LogP contribution < -0.4 is 9.62 Å². The lowest BCUT2D eigenvalue weighted by Gasteiger charge is -2.34. The van der Waals surface area contributed by atoms with Crippen molar-refractivity contribution in [1.29, 1.82) is 0 Å². The van der Waals surface area contributed by atoms with Crippen LogP contribution in [0.2, 0.25) is 5.02 Å². The molecule has 1 saturated carbocycles. The standard InChI is InChI=1S/C31H36ClN3O4S/c1-3-28(31(37)33-25-11-7-8-12-25)34(21-24-19-17-23(2)18-20-24)30(36)22-35(29-16-10-9-15-27(29)32)40(38,39)26-13-5-4-6-14-26/h4-6,9-10,13-20,25,28H,3,7-8,11-12,21-22H2,1-2H3,(H,33,37)/t28-/m0/s1. The first-order valence-electron chi connectivity index (χ1n) is 13.7. The summed E-state index contributed by atoms with van der Waals surface area (Å²) in [5, 5.41) is 3.32. The summed E-state index contributed by atoms with van der Waals surface area (Å²) in [4.78, 5) is 29.2. The van der Waals surface area contributed by atoms with Gasteiger partial charge in [0.25, 0.3) is 10.0 Å². The van der Waals surface area contributed by atoms with Gasteiger partial charge in [0.15, 0.2) is 0 Å². The van der Waals surface area contributed by atoms with E-state index in [0.29, 0.717) is 6.42 Å². The predicted octanol–water partition coefficient (Wildman–Crippen LogP) is 5.71. The van der Waals surface area contributed by atoms with Gasteiger partial charge in [0.1, 0.15) is 12.6 Å². The predicted molar refractivity (Wildman–Crippen MR) is 159 cm³/mol. The summed E-state index contributed by atoms with van der Waals surface area (Å²) >= 11 is 6.46. The Hall–Kier alpha value is -3.36. The second-order valence-corrected chi connectivity index (χ2v) is 12.5. The number of sulfonamides is 1. The summed E-state index contributed by atoms with van der Waals surface area (Å²) in [5.41, 5.74) is 2.12. The Balaban J connectivity index is 1.71. The van der Waals surface area contributed by atoms with Crippen LogP contribution in [0.25, 0.3) is 0 Å². The largest absolute Gasteiger partial charge is 0.352 e. The molecular weight excluding hydrogens is 546 g/mol. The van der Waals surface area contributed by atoms with Gasteiger partial charge in [0.2, 0.25) is 11.8 Å². The van der Waals surface area contributed by atoms with Crippen molar-refractivity contribution in [2.45, 2.75) is 69.5 Å². The molecule has 0 aliphatic heterocycles. The average Bonchev–Trinajstić information content (AvgIpc) is 3.46. The van der Waals surface area contributed by atoms with Crippen molar-refractivity contribution in [3.63, 3.8) is 0 Å². The van der Waals surface area contributed by atoms with Gasteiger partial charge in [-0.1, -0.05) is 91.5 Å². The van der Waals surface area contributed by atoms with E-state index >= 15 is 0 Å². The van der Waals surface area contributed by atoms with Crippen LogP contribution in [0.4, 0.5) is 5.69 Å². The van der Waals surface area contributed by atoms with Crippen molar-refractivity contribution >= 4 is 39.1 Å². The van der Waals surface area contributed by atoms with Gasteiger partial charge in [-0.2, -0.15) is 0 Å². The van der Waals surface area contributed by atoms with Gasteiger partial charge in [-0.3, -0.25) is 13.9 Å². The number of anilines is 1. The number of amides is 2. The summed E-state index contributed by atoms with van der Waals surface area (Å²) in [6, 6.07) is 21.6. The highest BCUT2D eigenvalue weighted by molar-refractivity contribution is 7.92. The molecule has 0 radical (unpaired) electrons. The number of aryl methyl sites for hydroxylation is 1. The zero-order chi connectivity index (χ0) is 28.7. The van der Waals surface area contributed by atoms with Crippen LogP contribution in [0.15, 0.2) is 83.8 Å². The first-order chi connectivity index (χ1) is 19.2. The minimum Gasteiger partial charge on any atom is -0.352 e. The van der Waals surface area contributed by atoms with Gasteiger partial charge >= 0.3 is 0 Å². The minimum atomic E-state index is -4.15. The molecule has 1 aliphatic carbocycles. The molecule has 3 aromatic carbocycles. The van der Waals surface area contributed by atoms with Crippen molar-refractivity contribution in [3.8, 4) is 0 Å². The molecule has 1 aliphatic rings. The SMILES string of the molecule is CC[C@@H](C(=O)NC1CCCC1)N(Cc1ccc(C)cc1)C(=O)CN(c1ccccc1Cl)S(=O)(=O)c1ccccc1. The fourth-order valence-electron chi connectivity index (χ4n) is 5.06. The van der Waals surface area contributed by atoms with Crippen molar-refractivity contribution < 1.29 is 18.0 Å². The number of para-hydroxylation sites is 1. The highest BCUT2D eigenvalue weighted by atomic mass is 35.5. The third kappa shape index (κ3) is 7.04. The molecule has 0 heterocycles. The average molecular weight is 582 g/mol. The van der Waals surface area contributed by atoms with Crippen LogP contribution >= 0.6 is 11.6 Å². The first-order valence-corrected chi connectivity index (χ1v) is 15.5. The third-order valence-electron chi connectivity index (χ3n) is 7.29. The molecule has 1 N–H and O–H groups in total. The number of carbonyl (C=O) groups is 2. The lowest BCUT2D eigenvalue weighted by atomic mass is 10.1. The Kier molecular flexibility index (Phi) is 9.87. The Morgan fingerprint density at radius 3 is 2.20 bits per heavy atom. The second kappa shape index (κ2) is 13.3. The summed E-state index contributed by atoms with van der Waals surface area (Å²) in [5.74, 6) is -0.710. The smallest absolute Gasteiger partial charge is 0.264 e. The number of rotatable bonds is 11. The van der Waals surface area contributed by atoms with E-state index in [4.69, 9.17) is 11.6 Å². The summed E-state index contributed by atoms with van der Waals surface area (Å²) in [6.45, 7) is 3.49. The van der Waals surface area contributed by atoms with Crippen LogP contribution in [-0.4, -0.2) is 43.8 Å². The van der Waals surface area contributed by atoms with E-state index in [1.54, 1.807) is 42.5 Å². The van der Waals surface area contributed by atoms with Crippen LogP contribution in [-0.2, 0) is 26.2 Å². The molecule has 7 nitrogen and oxygen atoms in total. The summed E-state index contributed by atoms with van der Waals surface area (Å²) in [7, 11) is -4.15. The van der Waals surface area contributed by atoms with Crippen LogP contribution in [0.1, 0.15) is 50.2 Å². The maximum absolute atomic E-state index is 14.1. The van der Waals surface area contributed by atoms with Crippen LogP contribution in [0.3, 0.4) is 0 Å². The molecular formula is C31H36ClN3O4S. The molecule has 0 bridgehead atoms. The van der Waals surface area contributed by atoms with Crippen molar-refractivity contribution in [3.05, 3.63) is 95.0 Å². The number of hydrogen-bond acceptors (Lipinski definition) is 4. The Morgan fingerprint density at radius 1 is 0.950 bits per heavy atom. The van der Waals surface area contributed by atoms with Crippen molar-refractivity contribution in [1.82, 2.24) is 10.2 Å². The molecule has 3 aromatic rings. The van der Waals surface area contributed by atoms with E-state index in [1.165, 1.54) is 17.0 Å². The normalized spacial score (nSPS) is 14.5. The Labute approximate surface area is 242 Å². The molecule has 0 aromatic heterocycles. The summed E-state index contributed by atoms with van der Waals surface area (Å²) < 4.78 is 28.8. The molecule has 9 heteroatoms. The quantitative estimate of drug-likeness (QED) is 0.314. The van der Waals surface area contributed by atoms with Crippen LogP contribution in [0.5, 0.6) is 0 Å². The molecule has 4 rings (SSSR count). The topological polar surface area (TPSA) is 86.8 Å². The second-order valence-electron chi connectivity index (χ2n) is 10.2. The molecule has 1 atom stereocenters. The number of nitrogens with one attached hydrogen (secondary N) is 1. The first kappa shape index (κ1) is 29.6. The van der Waals surface area contributed by atoms with E-state index < -0.39 is 28.5 Å². The monoisotopic (exact) mass is 581 g/mol. The molecule has 212 valence electrons. The fourth-order valence-corrected chi connectivity index (χ4v) is 6.81. The zero-order valence-electron chi connectivity index (χ0n) is 22.9. The molecule has 2 amide bonds. The van der Waals surface area contributed by atoms with E-state index in [9.17, 15) is 18.0 Å². The maximum atomic E-state index is 14.1. The lowest BCUT2D eigenvalue weighted by molar-refractivity contribution is -0.140. The van der Waals surface area contributed by atoms with Crippen molar-refractivity contribution in [2.75, 3.05) is 10.8 Å². The van der Waals surface area contributed by atoms with Gasteiger partial charge < -0.3 is 10.2 Å². The van der Waals surface area contributed by atoms with Gasteiger partial charge in [0, 0.05) is 12.6 Å². The molecule has 40 heavy (non-hydrogen) atoms. The minimum absolute atomic E-state index is 0.0406. The highest BCUT2D eigenvalue weighted by Crippen LogP contribution is 2.31. The van der Waals surface area contributed by atoms with Gasteiger partial charge in [-0.25, -0.2) is 8.42 Å². The Morgan fingerprint density at radius 2 is 1.57 bits per heavy atom. The third-order valence-corrected chi connectivity index (χ3v) is 9.39. The fraction of sp³-hybridized carbons (Fsp3) is 0.355. The summed E-state index contributed by atoms with van der Waals surface area (Å²) in [6.07, 6.45) is 4.36. The number of hydrogen-bond donors (Lipinski definition) is 1. The van der Waals surface area contributed by atoms with Crippen molar-refractivity contribution in [2.24, 2.45) is 0 Å². The van der Waals surface area contributed by atoms with Gasteiger partial charge in [-0.05, 0) is 56.0 Å². The molecule has 1 fully saturated rings. The maximum Gasteiger partial charge on any atom is 0.264 e. The van der Waals surface area contributed by atoms with E-state index in [-0.39, 0.29) is 34.1 Å². The van der Waals surface area contributed by atoms with Gasteiger partial charge in [0.05, 0.1) is 15.6 Å². The number of nitrogens with zero attached hydrogens (tertiary/aromatic N) is 2. The van der Waals surface area contributed by atoms with E-state index in [0.717, 1.165) is 41.1 Å². The molecule has 0 spiro atoms. The van der Waals surface area contributed by atoms with Gasteiger partial charge in [-0.15, -0.1) is 0 Å².